The largest absolute Gasteiger partial charge is 0.570 e. The van der Waals surface area contributed by atoms with Gasteiger partial charge in [0.2, 0.25) is 10.4 Å². The normalized spacial score (nSPS) is 16.1. The summed E-state index contributed by atoms with van der Waals surface area (Å²) in [6.07, 6.45) is 0.949. The maximum atomic E-state index is 6.20. The fourth-order valence-electron chi connectivity index (χ4n) is 2.20. The van der Waals surface area contributed by atoms with Gasteiger partial charge in [0.1, 0.15) is 5.75 Å². The van der Waals surface area contributed by atoms with Crippen molar-refractivity contribution in [3.8, 4) is 5.75 Å². The van der Waals surface area contributed by atoms with Crippen molar-refractivity contribution in [2.75, 3.05) is 12.3 Å². The predicted octanol–water partition coefficient (Wildman–Crippen LogP) is 2.58. The van der Waals surface area contributed by atoms with Gasteiger partial charge in [-0.1, -0.05) is 6.92 Å². The highest BCUT2D eigenvalue weighted by Gasteiger charge is 2.53. The van der Waals surface area contributed by atoms with Crippen molar-refractivity contribution in [2.24, 2.45) is 5.73 Å². The number of anilines is 1. The fourth-order valence-corrected chi connectivity index (χ4v) is 4.08. The molecule has 1 radical (unpaired) electrons. The summed E-state index contributed by atoms with van der Waals surface area (Å²) in [5.41, 5.74) is 12.1. The average Bonchev–Trinajstić information content (AvgIpc) is 2.40. The summed E-state index contributed by atoms with van der Waals surface area (Å²) in [5, 5.41) is -0.536. The molecular formula is C16H28N2O2Si+. The maximum absolute atomic E-state index is 6.20. The van der Waals surface area contributed by atoms with Gasteiger partial charge in [-0.2, -0.15) is 0 Å². The van der Waals surface area contributed by atoms with Crippen LogP contribution in [0.2, 0.25) is 0 Å². The van der Waals surface area contributed by atoms with Crippen LogP contribution in [-0.4, -0.2) is 32.6 Å². The van der Waals surface area contributed by atoms with Gasteiger partial charge in [0.15, 0.2) is 0 Å². The van der Waals surface area contributed by atoms with Crippen LogP contribution in [-0.2, 0) is 4.74 Å². The molecular weight excluding hydrogens is 280 g/mol. The molecule has 21 heavy (non-hydrogen) atoms. The van der Waals surface area contributed by atoms with E-state index in [2.05, 4.69) is 27.7 Å². The molecule has 0 heterocycles. The lowest BCUT2D eigenvalue weighted by Crippen LogP contribution is -2.51. The number of benzene rings is 1. The molecule has 2 unspecified atom stereocenters. The zero-order valence-corrected chi connectivity index (χ0v) is 14.8. The quantitative estimate of drug-likeness (QED) is 0.572. The summed E-state index contributed by atoms with van der Waals surface area (Å²) in [5.74, 6) is 0.837. The summed E-state index contributed by atoms with van der Waals surface area (Å²) in [4.78, 5) is 0. The molecule has 4 nitrogen and oxygen atoms in total. The highest BCUT2D eigenvalue weighted by molar-refractivity contribution is 6.43. The lowest BCUT2D eigenvalue weighted by atomic mass is 10.2. The molecule has 0 aliphatic rings. The summed E-state index contributed by atoms with van der Waals surface area (Å²) < 4.78 is 12.2. The Kier molecular flexibility index (Phi) is 6.25. The molecule has 2 atom stereocenters. The Morgan fingerprint density at radius 1 is 1.19 bits per heavy atom. The highest BCUT2D eigenvalue weighted by atomic mass is 28.2. The van der Waals surface area contributed by atoms with Crippen LogP contribution < -0.4 is 16.2 Å². The van der Waals surface area contributed by atoms with E-state index >= 15 is 0 Å². The van der Waals surface area contributed by atoms with Crippen molar-refractivity contribution in [3.05, 3.63) is 24.3 Å². The van der Waals surface area contributed by atoms with Crippen molar-refractivity contribution in [2.45, 2.75) is 57.6 Å². The maximum Gasteiger partial charge on any atom is 0.570 e. The lowest BCUT2D eigenvalue weighted by Gasteiger charge is -2.26. The fraction of sp³-hybridized carbons (Fsp3) is 0.625. The van der Waals surface area contributed by atoms with E-state index in [-0.39, 0.29) is 16.6 Å². The third-order valence-electron chi connectivity index (χ3n) is 3.29. The molecule has 1 rings (SSSR count). The predicted molar refractivity (Wildman–Crippen MR) is 89.6 cm³/mol. The van der Waals surface area contributed by atoms with Gasteiger partial charge in [-0.15, -0.1) is 0 Å². The number of rotatable bonds is 8. The Hall–Kier alpha value is -1.04. The van der Waals surface area contributed by atoms with Gasteiger partial charge in [0, 0.05) is 25.6 Å². The van der Waals surface area contributed by atoms with Gasteiger partial charge in [-0.25, -0.2) is 0 Å². The minimum absolute atomic E-state index is 0.0464. The average molecular weight is 308 g/mol. The van der Waals surface area contributed by atoms with E-state index in [0.29, 0.717) is 16.1 Å². The summed E-state index contributed by atoms with van der Waals surface area (Å²) in [6, 6.07) is 7.52. The second kappa shape index (κ2) is 7.29. The molecule has 0 aromatic heterocycles. The molecule has 0 spiro atoms. The van der Waals surface area contributed by atoms with E-state index in [4.69, 9.17) is 20.9 Å². The van der Waals surface area contributed by atoms with E-state index < -0.39 is 0 Å². The van der Waals surface area contributed by atoms with Crippen molar-refractivity contribution < 1.29 is 9.47 Å². The Morgan fingerprint density at radius 3 is 2.24 bits per heavy atom. The minimum atomic E-state index is -0.270. The molecule has 0 saturated carbocycles. The molecule has 1 aromatic rings. The van der Waals surface area contributed by atoms with E-state index in [0.717, 1.165) is 17.9 Å². The molecule has 117 valence electrons. The zero-order valence-electron chi connectivity index (χ0n) is 13.8. The van der Waals surface area contributed by atoms with Gasteiger partial charge in [-0.3, -0.25) is 0 Å². The van der Waals surface area contributed by atoms with Gasteiger partial charge < -0.3 is 20.9 Å². The first kappa shape index (κ1) is 18.0. The van der Waals surface area contributed by atoms with Gasteiger partial charge in [0.05, 0.1) is 6.10 Å². The van der Waals surface area contributed by atoms with E-state index in [9.17, 15) is 0 Å². The topological polar surface area (TPSA) is 70.5 Å². The summed E-state index contributed by atoms with van der Waals surface area (Å²) in [6.45, 7) is 11.0. The third kappa shape index (κ3) is 6.07. The number of nitrogens with two attached hydrogens (primary N) is 2. The first-order valence-electron chi connectivity index (χ1n) is 7.41. The van der Waals surface area contributed by atoms with Gasteiger partial charge >= 0.3 is 9.52 Å². The molecule has 1 aromatic carbocycles. The lowest BCUT2D eigenvalue weighted by molar-refractivity contribution is -0.0135. The molecule has 0 aliphatic carbocycles. The molecule has 0 fully saturated rings. The Balaban J connectivity index is 2.76. The second-order valence-electron chi connectivity index (χ2n) is 6.05. The van der Waals surface area contributed by atoms with Crippen LogP contribution >= 0.6 is 0 Å². The van der Waals surface area contributed by atoms with Crippen molar-refractivity contribution >= 4 is 15.2 Å². The van der Waals surface area contributed by atoms with Crippen LogP contribution in [0.25, 0.3) is 0 Å². The van der Waals surface area contributed by atoms with Crippen LogP contribution in [0.1, 0.15) is 41.0 Å². The van der Waals surface area contributed by atoms with Crippen LogP contribution in [0, 0.1) is 0 Å². The minimum Gasteiger partial charge on any atom is -0.457 e. The molecule has 0 saturated heterocycles. The van der Waals surface area contributed by atoms with E-state index in [1.807, 2.05) is 31.2 Å². The molecule has 5 heteroatoms. The Labute approximate surface area is 131 Å². The van der Waals surface area contributed by atoms with E-state index in [1.165, 1.54) is 0 Å². The highest BCUT2D eigenvalue weighted by Crippen LogP contribution is 2.26. The molecule has 0 aliphatic heterocycles. The van der Waals surface area contributed by atoms with E-state index in [1.54, 1.807) is 0 Å². The summed E-state index contributed by atoms with van der Waals surface area (Å²) >= 11 is 0. The number of nitrogen functional groups attached to an aromatic ring is 1. The first-order chi connectivity index (χ1) is 9.69. The Bertz CT molecular complexity index is 436. The SMILES string of the molecule is CCC(C)(Oc1ccc(N)cc1)[Si+]C(C)(C)OC(C)CN. The van der Waals surface area contributed by atoms with Crippen LogP contribution in [0.15, 0.2) is 24.3 Å². The number of hydrogen-bond acceptors (Lipinski definition) is 4. The third-order valence-corrected chi connectivity index (χ3v) is 5.00. The summed E-state index contributed by atoms with van der Waals surface area (Å²) in [7, 11) is 0.490. The molecule has 0 amide bonds. The van der Waals surface area contributed by atoms with Crippen LogP contribution in [0.5, 0.6) is 5.75 Å². The van der Waals surface area contributed by atoms with Crippen molar-refractivity contribution in [1.82, 2.24) is 0 Å². The van der Waals surface area contributed by atoms with Crippen LogP contribution in [0.3, 0.4) is 0 Å². The molecule has 0 bridgehead atoms. The van der Waals surface area contributed by atoms with Crippen LogP contribution in [0.4, 0.5) is 5.69 Å². The standard InChI is InChI=1S/C16H28N2O2Si/c1-6-16(5,20-14-9-7-13(18)8-10-14)21-15(3,4)19-12(2)11-17/h7-10,12H,6,11,17-18H2,1-5H3/q+1. The van der Waals surface area contributed by atoms with Crippen molar-refractivity contribution in [3.63, 3.8) is 0 Å². The van der Waals surface area contributed by atoms with Gasteiger partial charge in [0.25, 0.3) is 0 Å². The first-order valence-corrected chi connectivity index (χ1v) is 8.41. The second-order valence-corrected chi connectivity index (χ2v) is 8.57. The monoisotopic (exact) mass is 308 g/mol. The Morgan fingerprint density at radius 2 is 1.76 bits per heavy atom. The number of ether oxygens (including phenoxy) is 2. The van der Waals surface area contributed by atoms with Crippen molar-refractivity contribution in [1.29, 1.82) is 0 Å². The van der Waals surface area contributed by atoms with Gasteiger partial charge in [-0.05, 0) is 45.0 Å². The zero-order chi connectivity index (χ0) is 16.1. The number of hydrogen-bond donors (Lipinski definition) is 2. The smallest absolute Gasteiger partial charge is 0.457 e. The molecule has 4 N–H and O–H groups in total.